The number of aryl methyl sites for hydroxylation is 1. The summed E-state index contributed by atoms with van der Waals surface area (Å²) >= 11 is 0. The van der Waals surface area contributed by atoms with Gasteiger partial charge in [0.2, 0.25) is 5.91 Å². The highest BCUT2D eigenvalue weighted by Gasteiger charge is 2.19. The smallest absolute Gasteiger partial charge is 0.225 e. The van der Waals surface area contributed by atoms with Crippen LogP contribution in [0.5, 0.6) is 0 Å². The van der Waals surface area contributed by atoms with Gasteiger partial charge in [-0.3, -0.25) is 14.5 Å². The normalized spacial score (nSPS) is 10.9. The van der Waals surface area contributed by atoms with E-state index < -0.39 is 5.91 Å². The highest BCUT2D eigenvalue weighted by atomic mass is 16.1. The van der Waals surface area contributed by atoms with Crippen molar-refractivity contribution in [3.05, 3.63) is 42.2 Å². The monoisotopic (exact) mass is 325 g/mol. The summed E-state index contributed by atoms with van der Waals surface area (Å²) in [5.74, 6) is 0.534. The van der Waals surface area contributed by atoms with Crippen molar-refractivity contribution in [1.82, 2.24) is 29.5 Å². The molecule has 0 unspecified atom stereocenters. The Morgan fingerprint density at radius 1 is 1.33 bits per heavy atom. The summed E-state index contributed by atoms with van der Waals surface area (Å²) in [6.07, 6.45) is 6.13. The summed E-state index contributed by atoms with van der Waals surface area (Å²) in [5, 5.41) is 8.84. The molecule has 8 nitrogen and oxygen atoms in total. The van der Waals surface area contributed by atoms with Crippen LogP contribution >= 0.6 is 0 Å². The molecule has 0 aliphatic heterocycles. The number of hydrogen-bond acceptors (Lipinski definition) is 5. The fourth-order valence-electron chi connectivity index (χ4n) is 2.52. The van der Waals surface area contributed by atoms with Crippen LogP contribution in [0.4, 0.5) is 0 Å². The third kappa shape index (κ3) is 3.03. The molecule has 3 rings (SSSR count). The van der Waals surface area contributed by atoms with Gasteiger partial charge in [-0.2, -0.15) is 10.2 Å². The van der Waals surface area contributed by atoms with Gasteiger partial charge < -0.3 is 5.73 Å². The summed E-state index contributed by atoms with van der Waals surface area (Å²) in [7, 11) is 0. The zero-order valence-corrected chi connectivity index (χ0v) is 13.7. The maximum atomic E-state index is 11.2. The van der Waals surface area contributed by atoms with Crippen molar-refractivity contribution in [2.45, 2.75) is 33.2 Å². The second kappa shape index (κ2) is 6.61. The average Bonchev–Trinajstić information content (AvgIpc) is 3.12. The van der Waals surface area contributed by atoms with Crippen molar-refractivity contribution in [1.29, 1.82) is 0 Å². The van der Waals surface area contributed by atoms with E-state index in [1.54, 1.807) is 23.3 Å². The van der Waals surface area contributed by atoms with E-state index in [1.807, 2.05) is 23.7 Å². The number of nitrogens with two attached hydrogens (primary N) is 1. The molecule has 0 aliphatic rings. The molecule has 0 saturated carbocycles. The maximum absolute atomic E-state index is 11.2. The van der Waals surface area contributed by atoms with E-state index >= 15 is 0 Å². The minimum atomic E-state index is -0.469. The fraction of sp³-hybridized carbons (Fsp3) is 0.312. The van der Waals surface area contributed by atoms with Crippen molar-refractivity contribution in [2.75, 3.05) is 0 Å². The van der Waals surface area contributed by atoms with Gasteiger partial charge in [-0.1, -0.05) is 6.92 Å². The summed E-state index contributed by atoms with van der Waals surface area (Å²) in [5.41, 5.74) is 7.91. The molecule has 3 heterocycles. The van der Waals surface area contributed by atoms with Gasteiger partial charge in [0, 0.05) is 18.4 Å². The lowest BCUT2D eigenvalue weighted by atomic mass is 10.2. The number of rotatable bonds is 6. The molecule has 0 fully saturated rings. The van der Waals surface area contributed by atoms with Gasteiger partial charge >= 0.3 is 0 Å². The Bertz CT molecular complexity index is 851. The minimum absolute atomic E-state index is 0.0115. The lowest BCUT2D eigenvalue weighted by molar-refractivity contribution is -0.117. The van der Waals surface area contributed by atoms with E-state index in [2.05, 4.69) is 27.1 Å². The number of carbonyl (C=O) groups excluding carboxylic acids is 1. The van der Waals surface area contributed by atoms with Crippen LogP contribution in [0.25, 0.3) is 17.1 Å². The Labute approximate surface area is 139 Å². The van der Waals surface area contributed by atoms with E-state index in [1.165, 1.54) is 0 Å². The second-order valence-electron chi connectivity index (χ2n) is 5.48. The first kappa shape index (κ1) is 15.9. The van der Waals surface area contributed by atoms with E-state index in [0.29, 0.717) is 11.6 Å². The quantitative estimate of drug-likeness (QED) is 0.735. The zero-order chi connectivity index (χ0) is 17.1. The predicted octanol–water partition coefficient (Wildman–Crippen LogP) is 1.27. The summed E-state index contributed by atoms with van der Waals surface area (Å²) < 4.78 is 3.61. The second-order valence-corrected chi connectivity index (χ2v) is 5.48. The van der Waals surface area contributed by atoms with Crippen molar-refractivity contribution in [3.8, 4) is 17.1 Å². The van der Waals surface area contributed by atoms with Crippen LogP contribution in [0.3, 0.4) is 0 Å². The van der Waals surface area contributed by atoms with E-state index in [4.69, 9.17) is 5.73 Å². The number of primary amides is 1. The third-order valence-electron chi connectivity index (χ3n) is 3.65. The molecule has 0 aliphatic carbocycles. The van der Waals surface area contributed by atoms with Gasteiger partial charge in [0.15, 0.2) is 11.6 Å². The molecule has 1 amide bonds. The van der Waals surface area contributed by atoms with Gasteiger partial charge in [0.05, 0.1) is 30.1 Å². The van der Waals surface area contributed by atoms with Crippen LogP contribution in [0.2, 0.25) is 0 Å². The molecular weight excluding hydrogens is 306 g/mol. The Kier molecular flexibility index (Phi) is 4.37. The molecule has 0 saturated heterocycles. The number of nitrogens with zero attached hydrogens (tertiary/aromatic N) is 6. The molecule has 24 heavy (non-hydrogen) atoms. The molecule has 0 radical (unpaired) electrons. The molecule has 0 aromatic carbocycles. The van der Waals surface area contributed by atoms with Crippen LogP contribution < -0.4 is 5.73 Å². The van der Waals surface area contributed by atoms with Crippen molar-refractivity contribution >= 4 is 5.91 Å². The van der Waals surface area contributed by atoms with Gasteiger partial charge in [0.1, 0.15) is 0 Å². The van der Waals surface area contributed by atoms with Crippen molar-refractivity contribution < 1.29 is 4.79 Å². The van der Waals surface area contributed by atoms with Crippen LogP contribution in [0.1, 0.15) is 24.9 Å². The van der Waals surface area contributed by atoms with Gasteiger partial charge in [0.25, 0.3) is 0 Å². The molecule has 3 aromatic rings. The molecule has 3 aromatic heterocycles. The minimum Gasteiger partial charge on any atom is -0.369 e. The largest absolute Gasteiger partial charge is 0.369 e. The lowest BCUT2D eigenvalue weighted by Crippen LogP contribution is -2.14. The number of carbonyl (C=O) groups is 1. The van der Waals surface area contributed by atoms with Crippen LogP contribution in [0.15, 0.2) is 30.7 Å². The van der Waals surface area contributed by atoms with Crippen molar-refractivity contribution in [3.63, 3.8) is 0 Å². The van der Waals surface area contributed by atoms with Gasteiger partial charge in [-0.25, -0.2) is 9.67 Å². The molecule has 0 atom stereocenters. The summed E-state index contributed by atoms with van der Waals surface area (Å²) in [6.45, 7) is 4.93. The Morgan fingerprint density at radius 2 is 2.17 bits per heavy atom. The summed E-state index contributed by atoms with van der Waals surface area (Å²) in [6, 6.07) is 3.70. The highest BCUT2D eigenvalue weighted by Crippen LogP contribution is 2.24. The van der Waals surface area contributed by atoms with Gasteiger partial charge in [-0.05, 0) is 25.5 Å². The standard InChI is InChI=1S/C16H19N7O/c1-3-7-22-11(2)13(10-19-22)16-20-15(8-14(17)24)21-23(16)12-5-4-6-18-9-12/h4-6,9-10H,3,7-8H2,1-2H3,(H2,17,24). The van der Waals surface area contributed by atoms with E-state index in [9.17, 15) is 4.79 Å². The summed E-state index contributed by atoms with van der Waals surface area (Å²) in [4.78, 5) is 19.8. The molecule has 0 bridgehead atoms. The zero-order valence-electron chi connectivity index (χ0n) is 13.7. The SMILES string of the molecule is CCCn1ncc(-c2nc(CC(N)=O)nn2-c2cccnc2)c1C. The third-order valence-corrected chi connectivity index (χ3v) is 3.65. The van der Waals surface area contributed by atoms with E-state index in [-0.39, 0.29) is 6.42 Å². The van der Waals surface area contributed by atoms with Gasteiger partial charge in [-0.15, -0.1) is 0 Å². The first-order valence-electron chi connectivity index (χ1n) is 7.77. The van der Waals surface area contributed by atoms with Crippen LogP contribution in [-0.4, -0.2) is 35.4 Å². The number of hydrogen-bond donors (Lipinski definition) is 1. The first-order chi connectivity index (χ1) is 11.6. The first-order valence-corrected chi connectivity index (χ1v) is 7.77. The van der Waals surface area contributed by atoms with Crippen molar-refractivity contribution in [2.24, 2.45) is 5.73 Å². The van der Waals surface area contributed by atoms with Crippen LogP contribution in [0, 0.1) is 6.92 Å². The lowest BCUT2D eigenvalue weighted by Gasteiger charge is -2.06. The average molecular weight is 325 g/mol. The highest BCUT2D eigenvalue weighted by molar-refractivity contribution is 5.76. The van der Waals surface area contributed by atoms with E-state index in [0.717, 1.165) is 29.9 Å². The molecular formula is C16H19N7O. The molecule has 124 valence electrons. The molecule has 2 N–H and O–H groups in total. The number of pyridine rings is 1. The maximum Gasteiger partial charge on any atom is 0.225 e. The number of amides is 1. The Hall–Kier alpha value is -3.03. The fourth-order valence-corrected chi connectivity index (χ4v) is 2.52. The Morgan fingerprint density at radius 3 is 2.83 bits per heavy atom. The number of aromatic nitrogens is 6. The topological polar surface area (TPSA) is 105 Å². The molecule has 8 heteroatoms. The Balaban J connectivity index is 2.12. The van der Waals surface area contributed by atoms with Crippen LogP contribution in [-0.2, 0) is 17.8 Å². The molecule has 0 spiro atoms. The predicted molar refractivity (Wildman–Crippen MR) is 88.3 cm³/mol.